The van der Waals surface area contributed by atoms with E-state index < -0.39 is 0 Å². The molecule has 3 aliphatic rings. The highest BCUT2D eigenvalue weighted by molar-refractivity contribution is 7.80. The molecule has 8 heteroatoms. The van der Waals surface area contributed by atoms with Crippen LogP contribution in [0.3, 0.4) is 0 Å². The SMILES string of the molecule is Fc1ccc(C2(CNC(=S)Nc3nc(N4CCCCC4)cc(N4CCc5ccccc5C4)n3)CCCCC2)cc1. The molecule has 0 radical (unpaired) electrons. The molecule has 0 atom stereocenters. The first-order chi connectivity index (χ1) is 19.6. The predicted octanol–water partition coefficient (Wildman–Crippen LogP) is 6.36. The quantitative estimate of drug-likeness (QED) is 0.342. The van der Waals surface area contributed by atoms with Crippen LogP contribution in [0.4, 0.5) is 22.0 Å². The van der Waals surface area contributed by atoms with E-state index in [0.29, 0.717) is 17.6 Å². The van der Waals surface area contributed by atoms with Gasteiger partial charge < -0.3 is 20.4 Å². The number of anilines is 3. The molecule has 2 aliphatic heterocycles. The number of piperidine rings is 1. The second-order valence-electron chi connectivity index (χ2n) is 11.6. The zero-order chi connectivity index (χ0) is 27.4. The number of nitrogens with one attached hydrogen (secondary N) is 2. The van der Waals surface area contributed by atoms with E-state index in [4.69, 9.17) is 22.2 Å². The number of benzene rings is 2. The summed E-state index contributed by atoms with van der Waals surface area (Å²) in [6.07, 6.45) is 10.4. The summed E-state index contributed by atoms with van der Waals surface area (Å²) in [5, 5.41) is 7.33. The molecule has 210 valence electrons. The third-order valence-corrected chi connectivity index (χ3v) is 9.16. The molecule has 2 N–H and O–H groups in total. The molecule has 0 spiro atoms. The largest absolute Gasteiger partial charge is 0.361 e. The van der Waals surface area contributed by atoms with E-state index in [1.807, 2.05) is 12.1 Å². The molecule has 3 heterocycles. The zero-order valence-electron chi connectivity index (χ0n) is 23.2. The van der Waals surface area contributed by atoms with Crippen LogP contribution in [0.25, 0.3) is 0 Å². The minimum Gasteiger partial charge on any atom is -0.361 e. The van der Waals surface area contributed by atoms with E-state index in [2.05, 4.69) is 50.8 Å². The maximum absolute atomic E-state index is 13.7. The van der Waals surface area contributed by atoms with Crippen molar-refractivity contribution in [3.8, 4) is 0 Å². The fourth-order valence-electron chi connectivity index (χ4n) is 6.61. The van der Waals surface area contributed by atoms with Crippen LogP contribution in [0.1, 0.15) is 68.1 Å². The molecule has 0 bridgehead atoms. The van der Waals surface area contributed by atoms with Gasteiger partial charge in [-0.1, -0.05) is 55.7 Å². The van der Waals surface area contributed by atoms with Gasteiger partial charge in [-0.2, -0.15) is 9.97 Å². The monoisotopic (exact) mass is 558 g/mol. The Morgan fingerprint density at radius 2 is 1.50 bits per heavy atom. The number of hydrogen-bond donors (Lipinski definition) is 2. The summed E-state index contributed by atoms with van der Waals surface area (Å²) in [5.41, 5.74) is 3.91. The first-order valence-electron chi connectivity index (χ1n) is 14.8. The molecule has 40 heavy (non-hydrogen) atoms. The van der Waals surface area contributed by atoms with Crippen LogP contribution in [0, 0.1) is 5.82 Å². The van der Waals surface area contributed by atoms with Gasteiger partial charge in [-0.15, -0.1) is 0 Å². The Morgan fingerprint density at radius 3 is 2.25 bits per heavy atom. The lowest BCUT2D eigenvalue weighted by atomic mass is 9.69. The number of aromatic nitrogens is 2. The van der Waals surface area contributed by atoms with Crippen molar-refractivity contribution >= 4 is 34.9 Å². The van der Waals surface area contributed by atoms with Crippen molar-refractivity contribution < 1.29 is 4.39 Å². The molecule has 0 amide bonds. The third kappa shape index (κ3) is 6.07. The average Bonchev–Trinajstić information content (AvgIpc) is 3.01. The summed E-state index contributed by atoms with van der Waals surface area (Å²) in [7, 11) is 0. The van der Waals surface area contributed by atoms with Gasteiger partial charge in [0.05, 0.1) is 0 Å². The molecule has 1 aromatic heterocycles. The molecular weight excluding hydrogens is 519 g/mol. The molecule has 2 fully saturated rings. The van der Waals surface area contributed by atoms with Crippen molar-refractivity contribution in [2.45, 2.75) is 69.7 Å². The summed E-state index contributed by atoms with van der Waals surface area (Å²) in [6, 6.07) is 17.8. The third-order valence-electron chi connectivity index (χ3n) is 8.91. The highest BCUT2D eigenvalue weighted by Crippen LogP contribution is 2.39. The maximum Gasteiger partial charge on any atom is 0.232 e. The summed E-state index contributed by atoms with van der Waals surface area (Å²) in [5.74, 6) is 2.24. The first kappa shape index (κ1) is 26.9. The number of thiocarbonyl (C=S) groups is 1. The molecule has 6 nitrogen and oxygen atoms in total. The standard InChI is InChI=1S/C32H39FN6S/c33-27-13-11-26(12-14-27)32(16-5-1-6-17-32)23-34-31(40)37-30-35-28(38-18-7-2-8-19-38)21-29(36-30)39-20-15-24-9-3-4-10-25(24)22-39/h3-4,9-14,21H,1-2,5-8,15-20,22-23H2,(H2,34,35,36,37,40). The fraction of sp³-hybridized carbons (Fsp3) is 0.469. The highest BCUT2D eigenvalue weighted by atomic mass is 32.1. The second kappa shape index (κ2) is 12.1. The van der Waals surface area contributed by atoms with Gasteiger partial charge in [-0.05, 0) is 79.6 Å². The summed E-state index contributed by atoms with van der Waals surface area (Å²) in [4.78, 5) is 14.6. The average molecular weight is 559 g/mol. The lowest BCUT2D eigenvalue weighted by Crippen LogP contribution is -2.43. The van der Waals surface area contributed by atoms with Crippen LogP contribution in [-0.2, 0) is 18.4 Å². The summed E-state index contributed by atoms with van der Waals surface area (Å²) < 4.78 is 13.7. The lowest BCUT2D eigenvalue weighted by Gasteiger charge is -2.38. The van der Waals surface area contributed by atoms with Crippen LogP contribution >= 0.6 is 12.2 Å². The second-order valence-corrected chi connectivity index (χ2v) is 12.0. The first-order valence-corrected chi connectivity index (χ1v) is 15.3. The number of fused-ring (bicyclic) bond motifs is 1. The number of nitrogens with zero attached hydrogens (tertiary/aromatic N) is 4. The van der Waals surface area contributed by atoms with Crippen molar-refractivity contribution in [2.24, 2.45) is 0 Å². The van der Waals surface area contributed by atoms with Gasteiger partial charge in [0.2, 0.25) is 5.95 Å². The van der Waals surface area contributed by atoms with Gasteiger partial charge in [-0.25, -0.2) is 4.39 Å². The maximum atomic E-state index is 13.7. The number of rotatable bonds is 6. The van der Waals surface area contributed by atoms with Gasteiger partial charge in [0.1, 0.15) is 17.5 Å². The molecule has 1 aliphatic carbocycles. The molecule has 1 saturated carbocycles. The van der Waals surface area contributed by atoms with Gasteiger partial charge in [0, 0.05) is 44.2 Å². The predicted molar refractivity (Wildman–Crippen MR) is 165 cm³/mol. The van der Waals surface area contributed by atoms with Crippen molar-refractivity contribution in [2.75, 3.05) is 41.3 Å². The fourth-order valence-corrected chi connectivity index (χ4v) is 6.77. The van der Waals surface area contributed by atoms with Crippen LogP contribution in [0.5, 0.6) is 0 Å². The Morgan fingerprint density at radius 1 is 0.825 bits per heavy atom. The Balaban J connectivity index is 1.20. The molecule has 2 aromatic carbocycles. The molecule has 3 aromatic rings. The van der Waals surface area contributed by atoms with Crippen molar-refractivity contribution in [3.63, 3.8) is 0 Å². The van der Waals surface area contributed by atoms with E-state index in [1.165, 1.54) is 55.2 Å². The van der Waals surface area contributed by atoms with E-state index in [-0.39, 0.29) is 11.2 Å². The Hall–Kier alpha value is -3.26. The van der Waals surface area contributed by atoms with E-state index in [9.17, 15) is 4.39 Å². The van der Waals surface area contributed by atoms with Crippen LogP contribution in [0.15, 0.2) is 54.6 Å². The van der Waals surface area contributed by atoms with Crippen molar-refractivity contribution in [1.82, 2.24) is 15.3 Å². The zero-order valence-corrected chi connectivity index (χ0v) is 24.0. The van der Waals surface area contributed by atoms with Gasteiger partial charge in [0.25, 0.3) is 0 Å². The normalized spacial score (nSPS) is 18.6. The van der Waals surface area contributed by atoms with E-state index in [0.717, 1.165) is 57.1 Å². The molecule has 0 unspecified atom stereocenters. The Labute approximate surface area is 242 Å². The van der Waals surface area contributed by atoms with Gasteiger partial charge in [0.15, 0.2) is 5.11 Å². The molecule has 1 saturated heterocycles. The van der Waals surface area contributed by atoms with Crippen molar-refractivity contribution in [1.29, 1.82) is 0 Å². The number of hydrogen-bond acceptors (Lipinski definition) is 5. The van der Waals surface area contributed by atoms with Crippen LogP contribution in [-0.4, -0.2) is 41.3 Å². The minimum atomic E-state index is -0.196. The van der Waals surface area contributed by atoms with Gasteiger partial charge in [-0.3, -0.25) is 0 Å². The Kier molecular flexibility index (Phi) is 8.14. The van der Waals surface area contributed by atoms with E-state index >= 15 is 0 Å². The van der Waals surface area contributed by atoms with E-state index in [1.54, 1.807) is 12.1 Å². The smallest absolute Gasteiger partial charge is 0.232 e. The van der Waals surface area contributed by atoms with Crippen LogP contribution < -0.4 is 20.4 Å². The Bertz CT molecular complexity index is 1320. The van der Waals surface area contributed by atoms with Gasteiger partial charge >= 0.3 is 0 Å². The molecular formula is C32H39FN6S. The topological polar surface area (TPSA) is 56.3 Å². The summed E-state index contributed by atoms with van der Waals surface area (Å²) in [6.45, 7) is 4.50. The van der Waals surface area contributed by atoms with Crippen molar-refractivity contribution in [3.05, 3.63) is 77.1 Å². The van der Waals surface area contributed by atoms with Crippen LogP contribution in [0.2, 0.25) is 0 Å². The summed E-state index contributed by atoms with van der Waals surface area (Å²) >= 11 is 5.79. The molecule has 6 rings (SSSR count). The minimum absolute atomic E-state index is 0.0550. The lowest BCUT2D eigenvalue weighted by molar-refractivity contribution is 0.292. The number of halogens is 1. The highest BCUT2D eigenvalue weighted by Gasteiger charge is 2.34.